The Morgan fingerprint density at radius 2 is 1.26 bits per heavy atom. The van der Waals surface area contributed by atoms with Crippen molar-refractivity contribution in [1.82, 2.24) is 0 Å². The Labute approximate surface area is 157 Å². The first-order chi connectivity index (χ1) is 13.0. The molecule has 136 valence electrons. The van der Waals surface area contributed by atoms with Crippen molar-refractivity contribution in [2.45, 2.75) is 6.92 Å². The molecule has 5 heteroatoms. The van der Waals surface area contributed by atoms with Crippen LogP contribution in [0.25, 0.3) is 12.2 Å². The number of amides is 2. The van der Waals surface area contributed by atoms with Gasteiger partial charge in [-0.1, -0.05) is 48.0 Å². The maximum absolute atomic E-state index is 12.0. The van der Waals surface area contributed by atoms with Crippen molar-refractivity contribution in [3.8, 4) is 11.5 Å². The van der Waals surface area contributed by atoms with E-state index in [-0.39, 0.29) is 17.5 Å². The van der Waals surface area contributed by atoms with Crippen molar-refractivity contribution in [2.24, 2.45) is 0 Å². The highest BCUT2D eigenvalue weighted by Crippen LogP contribution is 2.25. The van der Waals surface area contributed by atoms with E-state index in [1.807, 2.05) is 67.6 Å². The van der Waals surface area contributed by atoms with Crippen LogP contribution < -0.4 is 10.6 Å². The number of carbonyl (C=O) groups excluding carboxylic acids is 1. The molecule has 0 bridgehead atoms. The highest BCUT2D eigenvalue weighted by Gasteiger charge is 2.02. The van der Waals surface area contributed by atoms with Crippen molar-refractivity contribution in [1.29, 1.82) is 0 Å². The molecule has 3 aromatic carbocycles. The van der Waals surface area contributed by atoms with Crippen LogP contribution >= 0.6 is 0 Å². The van der Waals surface area contributed by atoms with Gasteiger partial charge in [-0.05, 0) is 54.4 Å². The van der Waals surface area contributed by atoms with E-state index in [4.69, 9.17) is 0 Å². The summed E-state index contributed by atoms with van der Waals surface area (Å²) in [5.41, 5.74) is 4.25. The molecule has 0 aliphatic heterocycles. The van der Waals surface area contributed by atoms with Crippen molar-refractivity contribution >= 4 is 29.6 Å². The number of aryl methyl sites for hydroxylation is 1. The zero-order chi connectivity index (χ0) is 19.2. The van der Waals surface area contributed by atoms with Crippen LogP contribution in [0.5, 0.6) is 11.5 Å². The highest BCUT2D eigenvalue weighted by molar-refractivity contribution is 5.99. The smallest absolute Gasteiger partial charge is 0.323 e. The minimum atomic E-state index is -0.304. The van der Waals surface area contributed by atoms with Gasteiger partial charge in [-0.25, -0.2) is 4.79 Å². The highest BCUT2D eigenvalue weighted by atomic mass is 16.3. The third-order valence-electron chi connectivity index (χ3n) is 3.95. The van der Waals surface area contributed by atoms with Gasteiger partial charge in [0.25, 0.3) is 0 Å². The number of carbonyl (C=O) groups is 1. The molecule has 2 amide bonds. The summed E-state index contributed by atoms with van der Waals surface area (Å²) in [6.45, 7) is 1.99. The third-order valence-corrected chi connectivity index (χ3v) is 3.95. The molecule has 3 aromatic rings. The van der Waals surface area contributed by atoms with Crippen molar-refractivity contribution < 1.29 is 15.0 Å². The van der Waals surface area contributed by atoms with E-state index in [1.165, 1.54) is 12.1 Å². The van der Waals surface area contributed by atoms with Crippen molar-refractivity contribution in [3.05, 3.63) is 83.4 Å². The molecule has 5 nitrogen and oxygen atoms in total. The number of nitrogens with one attached hydrogen (secondary N) is 2. The largest absolute Gasteiger partial charge is 0.504 e. The molecule has 0 heterocycles. The lowest BCUT2D eigenvalue weighted by atomic mass is 10.1. The molecule has 0 atom stereocenters. The fraction of sp³-hybridized carbons (Fsp3) is 0.0455. The van der Waals surface area contributed by atoms with E-state index in [0.29, 0.717) is 5.69 Å². The number of rotatable bonds is 4. The zero-order valence-corrected chi connectivity index (χ0v) is 14.8. The van der Waals surface area contributed by atoms with Gasteiger partial charge in [-0.15, -0.1) is 0 Å². The summed E-state index contributed by atoms with van der Waals surface area (Å²) >= 11 is 0. The second kappa shape index (κ2) is 8.10. The maximum Gasteiger partial charge on any atom is 0.323 e. The van der Waals surface area contributed by atoms with Crippen molar-refractivity contribution in [2.75, 3.05) is 10.6 Å². The molecule has 0 spiro atoms. The van der Waals surface area contributed by atoms with E-state index in [9.17, 15) is 15.0 Å². The molecule has 0 aliphatic rings. The lowest BCUT2D eigenvalue weighted by molar-refractivity contribution is 0.262. The summed E-state index contributed by atoms with van der Waals surface area (Å²) in [5.74, 6) is -0.303. The Hall–Kier alpha value is -3.73. The van der Waals surface area contributed by atoms with Crippen LogP contribution in [0.2, 0.25) is 0 Å². The second-order valence-electron chi connectivity index (χ2n) is 6.15. The molecular formula is C22H20N2O3. The monoisotopic (exact) mass is 360 g/mol. The minimum absolute atomic E-state index is 0.147. The van der Waals surface area contributed by atoms with E-state index in [1.54, 1.807) is 6.07 Å². The first-order valence-corrected chi connectivity index (χ1v) is 8.44. The van der Waals surface area contributed by atoms with Crippen LogP contribution in [0.1, 0.15) is 16.7 Å². The molecule has 3 rings (SSSR count). The number of hydrogen-bond acceptors (Lipinski definition) is 3. The number of benzene rings is 3. The van der Waals surface area contributed by atoms with Crippen LogP contribution in [0.4, 0.5) is 16.2 Å². The number of hydrogen-bond donors (Lipinski definition) is 4. The fourth-order valence-electron chi connectivity index (χ4n) is 2.44. The molecule has 0 unspecified atom stereocenters. The topological polar surface area (TPSA) is 81.6 Å². The van der Waals surface area contributed by atoms with Gasteiger partial charge >= 0.3 is 6.03 Å². The average molecular weight is 360 g/mol. The van der Waals surface area contributed by atoms with Gasteiger partial charge in [0.2, 0.25) is 0 Å². The standard InChI is InChI=1S/C22H20N2O3/c1-15-2-9-18(10-3-15)23-22(27)24-19-11-6-16(7-12-19)4-5-17-8-13-20(25)21(26)14-17/h2-14,25-26H,1H3,(H2,23,24,27)/b5-4+. The Kier molecular flexibility index (Phi) is 5.42. The molecular weight excluding hydrogens is 340 g/mol. The SMILES string of the molecule is Cc1ccc(NC(=O)Nc2ccc(/C=C/c3ccc(O)c(O)c3)cc2)cc1. The van der Waals surface area contributed by atoms with Gasteiger partial charge in [-0.2, -0.15) is 0 Å². The van der Waals surface area contributed by atoms with E-state index in [2.05, 4.69) is 10.6 Å². The Morgan fingerprint density at radius 3 is 1.85 bits per heavy atom. The van der Waals surface area contributed by atoms with Gasteiger partial charge in [0.05, 0.1) is 0 Å². The molecule has 0 aromatic heterocycles. The lowest BCUT2D eigenvalue weighted by Crippen LogP contribution is -2.19. The predicted molar refractivity (Wildman–Crippen MR) is 109 cm³/mol. The molecule has 4 N–H and O–H groups in total. The predicted octanol–water partition coefficient (Wildman–Crippen LogP) is 5.22. The van der Waals surface area contributed by atoms with Crippen LogP contribution in [-0.2, 0) is 0 Å². The summed E-state index contributed by atoms with van der Waals surface area (Å²) in [6, 6.07) is 19.3. The van der Waals surface area contributed by atoms with Crippen molar-refractivity contribution in [3.63, 3.8) is 0 Å². The number of aromatic hydroxyl groups is 2. The van der Waals surface area contributed by atoms with Gasteiger partial charge in [0.1, 0.15) is 0 Å². The Morgan fingerprint density at radius 1 is 0.741 bits per heavy atom. The molecule has 0 fully saturated rings. The van der Waals surface area contributed by atoms with E-state index < -0.39 is 0 Å². The van der Waals surface area contributed by atoms with Crippen LogP contribution in [0, 0.1) is 6.92 Å². The molecule has 0 saturated heterocycles. The fourth-order valence-corrected chi connectivity index (χ4v) is 2.44. The lowest BCUT2D eigenvalue weighted by Gasteiger charge is -2.08. The van der Waals surface area contributed by atoms with E-state index in [0.717, 1.165) is 22.4 Å². The van der Waals surface area contributed by atoms with E-state index >= 15 is 0 Å². The molecule has 27 heavy (non-hydrogen) atoms. The number of urea groups is 1. The molecule has 0 radical (unpaired) electrons. The minimum Gasteiger partial charge on any atom is -0.504 e. The number of phenolic OH excluding ortho intramolecular Hbond substituents is 2. The summed E-state index contributed by atoms with van der Waals surface area (Å²) < 4.78 is 0. The average Bonchev–Trinajstić information content (AvgIpc) is 2.66. The summed E-state index contributed by atoms with van der Waals surface area (Å²) in [7, 11) is 0. The van der Waals surface area contributed by atoms with Crippen LogP contribution in [0.15, 0.2) is 66.7 Å². The Balaban J connectivity index is 1.59. The first kappa shape index (κ1) is 18.1. The summed E-state index contributed by atoms with van der Waals surface area (Å²) in [6.07, 6.45) is 3.70. The Bertz CT molecular complexity index is 962. The van der Waals surface area contributed by atoms with Crippen LogP contribution in [-0.4, -0.2) is 16.2 Å². The third kappa shape index (κ3) is 5.12. The van der Waals surface area contributed by atoms with Gasteiger partial charge in [0.15, 0.2) is 11.5 Å². The summed E-state index contributed by atoms with van der Waals surface area (Å²) in [4.78, 5) is 12.0. The van der Waals surface area contributed by atoms with Gasteiger partial charge in [-0.3, -0.25) is 0 Å². The molecule has 0 saturated carbocycles. The first-order valence-electron chi connectivity index (χ1n) is 8.44. The normalized spacial score (nSPS) is 10.7. The maximum atomic E-state index is 12.0. The van der Waals surface area contributed by atoms with Gasteiger partial charge in [0, 0.05) is 11.4 Å². The zero-order valence-electron chi connectivity index (χ0n) is 14.8. The quantitative estimate of drug-likeness (QED) is 0.380. The van der Waals surface area contributed by atoms with Gasteiger partial charge < -0.3 is 20.8 Å². The second-order valence-corrected chi connectivity index (χ2v) is 6.15. The molecule has 0 aliphatic carbocycles. The number of anilines is 2. The van der Waals surface area contributed by atoms with Crippen LogP contribution in [0.3, 0.4) is 0 Å². The summed E-state index contributed by atoms with van der Waals surface area (Å²) in [5, 5.41) is 24.4. The number of phenols is 2.